The van der Waals surface area contributed by atoms with Gasteiger partial charge in [0.2, 0.25) is 5.91 Å². The van der Waals surface area contributed by atoms with Gasteiger partial charge in [-0.15, -0.1) is 0 Å². The number of thiazole rings is 1. The Morgan fingerprint density at radius 1 is 1.21 bits per heavy atom. The molecule has 0 unspecified atom stereocenters. The van der Waals surface area contributed by atoms with Crippen LogP contribution in [0.2, 0.25) is 0 Å². The number of anilines is 1. The van der Waals surface area contributed by atoms with Gasteiger partial charge in [-0.05, 0) is 49.6 Å². The number of nitrogens with zero attached hydrogens (tertiary/aromatic N) is 2. The minimum Gasteiger partial charge on any atom is -0.447 e. The Morgan fingerprint density at radius 3 is 2.76 bits per heavy atom. The van der Waals surface area contributed by atoms with Gasteiger partial charge in [0.25, 0.3) is 0 Å². The van der Waals surface area contributed by atoms with Crippen molar-refractivity contribution in [1.29, 1.82) is 0 Å². The van der Waals surface area contributed by atoms with Crippen LogP contribution in [0.25, 0.3) is 10.2 Å². The zero-order valence-corrected chi connectivity index (χ0v) is 19.0. The summed E-state index contributed by atoms with van der Waals surface area (Å²) in [6.45, 7) is 0.387. The molecule has 0 fully saturated rings. The molecular weight excluding hydrogens is 450 g/mol. The summed E-state index contributed by atoms with van der Waals surface area (Å²) in [5.74, 6) is -2.15. The molecule has 0 saturated heterocycles. The Bertz CT molecular complexity index is 1080. The van der Waals surface area contributed by atoms with Gasteiger partial charge in [-0.2, -0.15) is 0 Å². The highest BCUT2D eigenvalue weighted by Gasteiger charge is 2.22. The summed E-state index contributed by atoms with van der Waals surface area (Å²) in [4.78, 5) is 30.7. The third-order valence-corrected chi connectivity index (χ3v) is 6.18. The average molecular weight is 477 g/mol. The van der Waals surface area contributed by atoms with E-state index in [1.807, 2.05) is 24.3 Å². The lowest BCUT2D eigenvalue weighted by Crippen LogP contribution is -2.41. The van der Waals surface area contributed by atoms with Gasteiger partial charge in [0.1, 0.15) is 6.61 Å². The fourth-order valence-electron chi connectivity index (χ4n) is 3.33. The summed E-state index contributed by atoms with van der Waals surface area (Å²) in [6.07, 6.45) is 0.545. The van der Waals surface area contributed by atoms with Gasteiger partial charge in [-0.3, -0.25) is 10.1 Å². The summed E-state index contributed by atoms with van der Waals surface area (Å²) in [5.41, 5.74) is 6.52. The van der Waals surface area contributed by atoms with Crippen molar-refractivity contribution < 1.29 is 23.1 Å². The monoisotopic (exact) mass is 476 g/mol. The van der Waals surface area contributed by atoms with E-state index in [0.717, 1.165) is 16.3 Å². The zero-order valence-electron chi connectivity index (χ0n) is 18.2. The smallest absolute Gasteiger partial charge is 0.413 e. The lowest BCUT2D eigenvalue weighted by Gasteiger charge is -2.28. The molecule has 0 aliphatic carbocycles. The number of ether oxygens (including phenoxy) is 1. The zero-order chi connectivity index (χ0) is 23.8. The van der Waals surface area contributed by atoms with E-state index in [0.29, 0.717) is 24.5 Å². The lowest BCUT2D eigenvalue weighted by molar-refractivity contribution is -0.132. The van der Waals surface area contributed by atoms with Gasteiger partial charge >= 0.3 is 6.09 Å². The number of hydrogen-bond donors (Lipinski definition) is 2. The molecule has 3 rings (SSSR count). The van der Waals surface area contributed by atoms with Crippen LogP contribution < -0.4 is 11.1 Å². The molecule has 1 aromatic heterocycles. The lowest BCUT2D eigenvalue weighted by atomic mass is 10.1. The standard InChI is InChI=1S/C23H26F2N4O3S/c1-29(20(30)12-11-15-6-4-8-17(24)21(15)25)16(7-5-13-26)14-32-23(31)28-22-27-18-9-2-3-10-19(18)33-22/h2-4,6,8-10,16H,5,7,11-14,26H2,1H3,(H,27,28,31)/t16-/m0/s1. The molecule has 0 bridgehead atoms. The number of carbonyl (C=O) groups excluding carboxylic acids is 2. The minimum atomic E-state index is -0.943. The van der Waals surface area contributed by atoms with E-state index in [1.54, 1.807) is 7.05 Å². The molecule has 1 atom stereocenters. The largest absolute Gasteiger partial charge is 0.447 e. The minimum absolute atomic E-state index is 0.00605. The Kier molecular flexibility index (Phi) is 8.67. The maximum absolute atomic E-state index is 13.9. The predicted octanol–water partition coefficient (Wildman–Crippen LogP) is 4.32. The molecule has 0 saturated carbocycles. The highest BCUT2D eigenvalue weighted by atomic mass is 32.1. The van der Waals surface area contributed by atoms with Crippen LogP contribution in [0.3, 0.4) is 0 Å². The van der Waals surface area contributed by atoms with Gasteiger partial charge < -0.3 is 15.4 Å². The fraction of sp³-hybridized carbons (Fsp3) is 0.348. The van der Waals surface area contributed by atoms with Crippen LogP contribution in [0.1, 0.15) is 24.8 Å². The average Bonchev–Trinajstić information content (AvgIpc) is 3.21. The highest BCUT2D eigenvalue weighted by Crippen LogP contribution is 2.25. The number of amides is 2. The van der Waals surface area contributed by atoms with Gasteiger partial charge in [0.15, 0.2) is 16.8 Å². The number of para-hydroxylation sites is 1. The quantitative estimate of drug-likeness (QED) is 0.454. The molecule has 176 valence electrons. The molecular formula is C23H26F2N4O3S. The van der Waals surface area contributed by atoms with Crippen LogP contribution in [0.15, 0.2) is 42.5 Å². The number of hydrogen-bond acceptors (Lipinski definition) is 6. The molecule has 10 heteroatoms. The first-order chi connectivity index (χ1) is 15.9. The number of nitrogens with one attached hydrogen (secondary N) is 1. The Balaban J connectivity index is 1.55. The van der Waals surface area contributed by atoms with Crippen molar-refractivity contribution in [2.24, 2.45) is 5.73 Å². The summed E-state index contributed by atoms with van der Waals surface area (Å²) < 4.78 is 33.5. The number of aryl methyl sites for hydroxylation is 1. The van der Waals surface area contributed by atoms with E-state index in [4.69, 9.17) is 10.5 Å². The number of benzene rings is 2. The molecule has 0 aliphatic heterocycles. The number of likely N-dealkylation sites (N-methyl/N-ethyl adjacent to an activating group) is 1. The molecule has 3 N–H and O–H groups in total. The molecule has 0 aliphatic rings. The third-order valence-electron chi connectivity index (χ3n) is 5.23. The van der Waals surface area contributed by atoms with Crippen LogP contribution in [-0.2, 0) is 16.0 Å². The van der Waals surface area contributed by atoms with Crippen LogP contribution in [0.4, 0.5) is 18.7 Å². The van der Waals surface area contributed by atoms with E-state index in [9.17, 15) is 18.4 Å². The SMILES string of the molecule is CN(C(=O)CCc1cccc(F)c1F)[C@@H](CCCN)COC(=O)Nc1nc2ccccc2s1. The second kappa shape index (κ2) is 11.7. The molecule has 0 spiro atoms. The second-order valence-electron chi connectivity index (χ2n) is 7.51. The van der Waals surface area contributed by atoms with E-state index in [1.165, 1.54) is 28.4 Å². The topological polar surface area (TPSA) is 97.5 Å². The van der Waals surface area contributed by atoms with Gasteiger partial charge in [-0.1, -0.05) is 35.6 Å². The van der Waals surface area contributed by atoms with Crippen molar-refractivity contribution in [3.05, 3.63) is 59.7 Å². The fourth-order valence-corrected chi connectivity index (χ4v) is 4.18. The number of aromatic nitrogens is 1. The van der Waals surface area contributed by atoms with Crippen molar-refractivity contribution in [1.82, 2.24) is 9.88 Å². The van der Waals surface area contributed by atoms with E-state index in [2.05, 4.69) is 10.3 Å². The van der Waals surface area contributed by atoms with E-state index >= 15 is 0 Å². The molecule has 0 radical (unpaired) electrons. The maximum atomic E-state index is 13.9. The first-order valence-electron chi connectivity index (χ1n) is 10.6. The first kappa shape index (κ1) is 24.5. The van der Waals surface area contributed by atoms with Gasteiger partial charge in [0.05, 0.1) is 16.3 Å². The normalized spacial score (nSPS) is 11.9. The molecule has 2 amide bonds. The van der Waals surface area contributed by atoms with Crippen molar-refractivity contribution >= 4 is 38.7 Å². The first-order valence-corrected chi connectivity index (χ1v) is 11.4. The number of carbonyl (C=O) groups is 2. The van der Waals surface area contributed by atoms with E-state index < -0.39 is 23.8 Å². The Morgan fingerprint density at radius 2 is 2.00 bits per heavy atom. The van der Waals surface area contributed by atoms with Crippen LogP contribution in [0, 0.1) is 11.6 Å². The Labute approximate surface area is 194 Å². The summed E-state index contributed by atoms with van der Waals surface area (Å²) in [6, 6.07) is 11.0. The maximum Gasteiger partial charge on any atom is 0.413 e. The van der Waals surface area contributed by atoms with Gasteiger partial charge in [-0.25, -0.2) is 18.6 Å². The molecule has 2 aromatic carbocycles. The Hall–Kier alpha value is -3.11. The number of fused-ring (bicyclic) bond motifs is 1. The number of nitrogens with two attached hydrogens (primary N) is 1. The van der Waals surface area contributed by atoms with Crippen molar-refractivity contribution in [2.45, 2.75) is 31.7 Å². The highest BCUT2D eigenvalue weighted by molar-refractivity contribution is 7.22. The van der Waals surface area contributed by atoms with Gasteiger partial charge in [0, 0.05) is 13.5 Å². The molecule has 33 heavy (non-hydrogen) atoms. The second-order valence-corrected chi connectivity index (χ2v) is 8.54. The summed E-state index contributed by atoms with van der Waals surface area (Å²) in [7, 11) is 1.60. The van der Waals surface area contributed by atoms with Crippen molar-refractivity contribution in [3.63, 3.8) is 0 Å². The number of rotatable bonds is 10. The van der Waals surface area contributed by atoms with Crippen LogP contribution in [-0.4, -0.2) is 48.1 Å². The summed E-state index contributed by atoms with van der Waals surface area (Å²) >= 11 is 1.33. The van der Waals surface area contributed by atoms with Crippen molar-refractivity contribution in [2.75, 3.05) is 25.5 Å². The predicted molar refractivity (Wildman–Crippen MR) is 124 cm³/mol. The van der Waals surface area contributed by atoms with Crippen molar-refractivity contribution in [3.8, 4) is 0 Å². The van der Waals surface area contributed by atoms with Crippen LogP contribution >= 0.6 is 11.3 Å². The van der Waals surface area contributed by atoms with Crippen LogP contribution in [0.5, 0.6) is 0 Å². The summed E-state index contributed by atoms with van der Waals surface area (Å²) in [5, 5.41) is 3.03. The van der Waals surface area contributed by atoms with E-state index in [-0.39, 0.29) is 30.9 Å². The number of halogens is 2. The third kappa shape index (κ3) is 6.69. The molecule has 7 nitrogen and oxygen atoms in total. The molecule has 1 heterocycles. The molecule has 3 aromatic rings.